The summed E-state index contributed by atoms with van der Waals surface area (Å²) >= 11 is 6.27. The number of halogens is 2. The lowest BCUT2D eigenvalue weighted by molar-refractivity contribution is 0.0965. The molecule has 0 unspecified atom stereocenters. The first-order chi connectivity index (χ1) is 16.9. The molecule has 0 aliphatic rings. The van der Waals surface area contributed by atoms with Crippen LogP contribution < -0.4 is 5.32 Å². The molecule has 3 N–H and O–H groups in total. The van der Waals surface area contributed by atoms with Gasteiger partial charge in [-0.15, -0.1) is 0 Å². The number of carbonyl (C=O) groups is 2. The third-order valence-corrected chi connectivity index (χ3v) is 5.45. The van der Waals surface area contributed by atoms with E-state index in [9.17, 15) is 19.1 Å². The molecule has 8 nitrogen and oxygen atoms in total. The van der Waals surface area contributed by atoms with Crippen molar-refractivity contribution in [2.24, 2.45) is 0 Å². The van der Waals surface area contributed by atoms with E-state index in [1.54, 1.807) is 18.2 Å². The number of anilines is 1. The van der Waals surface area contributed by atoms with Crippen LogP contribution in [0.25, 0.3) is 16.9 Å². The second-order valence-corrected chi connectivity index (χ2v) is 7.99. The van der Waals surface area contributed by atoms with Crippen LogP contribution in [0, 0.1) is 5.82 Å². The van der Waals surface area contributed by atoms with Crippen LogP contribution >= 0.6 is 11.6 Å². The van der Waals surface area contributed by atoms with Gasteiger partial charge in [0.05, 0.1) is 16.3 Å². The summed E-state index contributed by atoms with van der Waals surface area (Å²) in [5, 5.41) is 26.0. The summed E-state index contributed by atoms with van der Waals surface area (Å²) in [5.41, 5.74) is 0.967. The van der Waals surface area contributed by atoms with Gasteiger partial charge in [0.1, 0.15) is 28.8 Å². The maximum atomic E-state index is 14.2. The Labute approximate surface area is 204 Å². The van der Waals surface area contributed by atoms with E-state index >= 15 is 0 Å². The van der Waals surface area contributed by atoms with Crippen molar-refractivity contribution in [3.05, 3.63) is 89.0 Å². The number of ketones is 1. The van der Waals surface area contributed by atoms with Crippen molar-refractivity contribution in [1.82, 2.24) is 14.8 Å². The summed E-state index contributed by atoms with van der Waals surface area (Å²) in [6.07, 6.45) is 1.78. The zero-order valence-corrected chi connectivity index (χ0v) is 19.0. The van der Waals surface area contributed by atoms with Gasteiger partial charge in [-0.05, 0) is 42.8 Å². The zero-order valence-electron chi connectivity index (χ0n) is 18.3. The normalized spacial score (nSPS) is 10.8. The van der Waals surface area contributed by atoms with E-state index in [4.69, 9.17) is 16.7 Å². The molecule has 4 aromatic rings. The van der Waals surface area contributed by atoms with Crippen LogP contribution in [-0.4, -0.2) is 43.3 Å². The summed E-state index contributed by atoms with van der Waals surface area (Å²) in [6.45, 7) is -0.145. The number of nitrogens with zero attached hydrogens (tertiary/aromatic N) is 3. The van der Waals surface area contributed by atoms with Crippen LogP contribution in [0.5, 0.6) is 5.75 Å². The number of aromatic hydroxyl groups is 1. The molecule has 0 saturated heterocycles. The molecule has 35 heavy (non-hydrogen) atoms. The van der Waals surface area contributed by atoms with Crippen LogP contribution in [0.1, 0.15) is 33.7 Å². The number of phenolic OH excluding ortho intramolecular Hbond substituents is 1. The summed E-state index contributed by atoms with van der Waals surface area (Å²) in [4.78, 5) is 29.7. The standard InChI is InChI=1S/C25H20ClFN4O4/c26-19-9-8-15(24-20(27)6-2-10-28-24)12-18(19)25(35)29-23-14-21(22(34)7-3-11-32)30-31(23)16-4-1-5-17(33)13-16/h1-2,4-6,8-10,12-14,32-33H,3,7,11H2,(H,29,35). The molecular formula is C25H20ClFN4O4. The molecule has 2 aromatic heterocycles. The molecule has 0 aliphatic heterocycles. The number of pyridine rings is 1. The SMILES string of the molecule is O=C(CCCO)c1cc(NC(=O)c2cc(-c3ncccc3F)ccc2Cl)n(-c2cccc(O)c2)n1. The number of carbonyl (C=O) groups excluding carboxylic acids is 2. The molecular weight excluding hydrogens is 475 g/mol. The lowest BCUT2D eigenvalue weighted by Crippen LogP contribution is -2.15. The van der Waals surface area contributed by atoms with Gasteiger partial charge < -0.3 is 15.5 Å². The van der Waals surface area contributed by atoms with Crippen LogP contribution in [0.15, 0.2) is 66.9 Å². The number of phenols is 1. The van der Waals surface area contributed by atoms with Gasteiger partial charge in [0.15, 0.2) is 5.78 Å². The van der Waals surface area contributed by atoms with Crippen molar-refractivity contribution < 1.29 is 24.2 Å². The summed E-state index contributed by atoms with van der Waals surface area (Å²) in [7, 11) is 0. The first kappa shape index (κ1) is 24.1. The zero-order chi connectivity index (χ0) is 24.9. The van der Waals surface area contributed by atoms with E-state index in [1.807, 2.05) is 0 Å². The van der Waals surface area contributed by atoms with E-state index in [1.165, 1.54) is 53.3 Å². The Morgan fingerprint density at radius 2 is 1.91 bits per heavy atom. The second kappa shape index (κ2) is 10.5. The number of aliphatic hydroxyl groups excluding tert-OH is 1. The number of hydrogen-bond acceptors (Lipinski definition) is 6. The van der Waals surface area contributed by atoms with Crippen molar-refractivity contribution in [3.63, 3.8) is 0 Å². The van der Waals surface area contributed by atoms with Crippen LogP contribution in [0.2, 0.25) is 5.02 Å². The van der Waals surface area contributed by atoms with Gasteiger partial charge in [0.25, 0.3) is 5.91 Å². The average molecular weight is 495 g/mol. The van der Waals surface area contributed by atoms with Gasteiger partial charge >= 0.3 is 0 Å². The molecule has 0 aliphatic carbocycles. The number of aromatic nitrogens is 3. The third-order valence-electron chi connectivity index (χ3n) is 5.12. The Balaban J connectivity index is 1.71. The number of aliphatic hydroxyl groups is 1. The van der Waals surface area contributed by atoms with Gasteiger partial charge in [0, 0.05) is 36.9 Å². The van der Waals surface area contributed by atoms with Gasteiger partial charge in [-0.3, -0.25) is 14.6 Å². The van der Waals surface area contributed by atoms with Crippen LogP contribution in [0.3, 0.4) is 0 Å². The van der Waals surface area contributed by atoms with E-state index in [2.05, 4.69) is 15.4 Å². The molecule has 0 spiro atoms. The van der Waals surface area contributed by atoms with Gasteiger partial charge in [-0.25, -0.2) is 9.07 Å². The number of rotatable bonds is 8. The van der Waals surface area contributed by atoms with Crippen molar-refractivity contribution >= 4 is 29.1 Å². The highest BCUT2D eigenvalue weighted by Gasteiger charge is 2.20. The highest BCUT2D eigenvalue weighted by atomic mass is 35.5. The molecule has 1 amide bonds. The molecule has 0 radical (unpaired) electrons. The third kappa shape index (κ3) is 5.37. The largest absolute Gasteiger partial charge is 0.508 e. The quantitative estimate of drug-likeness (QED) is 0.307. The van der Waals surface area contributed by atoms with Crippen molar-refractivity contribution in [3.8, 4) is 22.7 Å². The molecule has 0 atom stereocenters. The van der Waals surface area contributed by atoms with E-state index < -0.39 is 11.7 Å². The maximum absolute atomic E-state index is 14.2. The number of hydrogen-bond donors (Lipinski definition) is 3. The molecule has 0 saturated carbocycles. The monoisotopic (exact) mass is 494 g/mol. The lowest BCUT2D eigenvalue weighted by atomic mass is 10.1. The van der Waals surface area contributed by atoms with E-state index in [0.717, 1.165) is 0 Å². The Bertz CT molecular complexity index is 1410. The Morgan fingerprint density at radius 3 is 2.66 bits per heavy atom. The fraction of sp³-hybridized carbons (Fsp3) is 0.120. The second-order valence-electron chi connectivity index (χ2n) is 7.58. The molecule has 4 rings (SSSR count). The van der Waals surface area contributed by atoms with Gasteiger partial charge in [0.2, 0.25) is 0 Å². The number of amides is 1. The molecule has 2 aromatic carbocycles. The van der Waals surface area contributed by atoms with Crippen molar-refractivity contribution in [1.29, 1.82) is 0 Å². The predicted octanol–water partition coefficient (Wildman–Crippen LogP) is 4.64. The highest BCUT2D eigenvalue weighted by molar-refractivity contribution is 6.34. The van der Waals surface area contributed by atoms with Crippen molar-refractivity contribution in [2.45, 2.75) is 12.8 Å². The summed E-state index contributed by atoms with van der Waals surface area (Å²) in [6, 6.07) is 14.7. The van der Waals surface area contributed by atoms with Crippen LogP contribution in [0.4, 0.5) is 10.2 Å². The average Bonchev–Trinajstić information content (AvgIpc) is 3.27. The Kier molecular flexibility index (Phi) is 7.19. The molecule has 10 heteroatoms. The first-order valence-electron chi connectivity index (χ1n) is 10.6. The number of Topliss-reactive ketones (excluding diaryl/α,β-unsaturated/α-hetero) is 1. The Hall–Kier alpha value is -4.08. The van der Waals surface area contributed by atoms with Crippen LogP contribution in [-0.2, 0) is 0 Å². The number of nitrogens with one attached hydrogen (secondary N) is 1. The molecule has 0 bridgehead atoms. The summed E-state index contributed by atoms with van der Waals surface area (Å²) in [5.74, 6) is -1.37. The molecule has 178 valence electrons. The van der Waals surface area contributed by atoms with Gasteiger partial charge in [-0.2, -0.15) is 5.10 Å². The minimum absolute atomic E-state index is 0.0310. The van der Waals surface area contributed by atoms with E-state index in [-0.39, 0.29) is 58.8 Å². The smallest absolute Gasteiger partial charge is 0.258 e. The lowest BCUT2D eigenvalue weighted by Gasteiger charge is -2.11. The fourth-order valence-electron chi connectivity index (χ4n) is 3.42. The topological polar surface area (TPSA) is 117 Å². The fourth-order valence-corrected chi connectivity index (χ4v) is 3.63. The van der Waals surface area contributed by atoms with Crippen molar-refractivity contribution in [2.75, 3.05) is 11.9 Å². The predicted molar refractivity (Wildman–Crippen MR) is 128 cm³/mol. The first-order valence-corrected chi connectivity index (χ1v) is 11.0. The molecule has 0 fully saturated rings. The number of benzene rings is 2. The van der Waals surface area contributed by atoms with Gasteiger partial charge in [-0.1, -0.05) is 23.7 Å². The maximum Gasteiger partial charge on any atom is 0.258 e. The highest BCUT2D eigenvalue weighted by Crippen LogP contribution is 2.27. The summed E-state index contributed by atoms with van der Waals surface area (Å²) < 4.78 is 15.5. The molecule has 2 heterocycles. The minimum atomic E-state index is -0.621. The van der Waals surface area contributed by atoms with E-state index in [0.29, 0.717) is 11.3 Å². The minimum Gasteiger partial charge on any atom is -0.508 e. The Morgan fingerprint density at radius 1 is 1.09 bits per heavy atom.